The molecule has 0 aliphatic heterocycles. The normalized spacial score (nSPS) is 10.0. The smallest absolute Gasteiger partial charge is 0.255 e. The summed E-state index contributed by atoms with van der Waals surface area (Å²) in [6.07, 6.45) is 1.23. The van der Waals surface area contributed by atoms with E-state index in [1.54, 1.807) is 38.4 Å². The second-order valence-corrected chi connectivity index (χ2v) is 4.60. The maximum Gasteiger partial charge on any atom is 0.255 e. The van der Waals surface area contributed by atoms with E-state index in [0.29, 0.717) is 11.3 Å². The van der Waals surface area contributed by atoms with E-state index in [1.807, 2.05) is 0 Å². The number of anilines is 1. The van der Waals surface area contributed by atoms with E-state index >= 15 is 0 Å². The molecular formula is C15H14FN3O2. The quantitative estimate of drug-likeness (QED) is 0.880. The highest BCUT2D eigenvalue weighted by Crippen LogP contribution is 2.12. The van der Waals surface area contributed by atoms with Gasteiger partial charge in [-0.1, -0.05) is 0 Å². The predicted molar refractivity (Wildman–Crippen MR) is 76.6 cm³/mol. The highest BCUT2D eigenvalue weighted by molar-refractivity contribution is 6.04. The van der Waals surface area contributed by atoms with Crippen molar-refractivity contribution in [1.82, 2.24) is 9.88 Å². The molecule has 1 heterocycles. The van der Waals surface area contributed by atoms with Gasteiger partial charge in [0.05, 0.1) is 0 Å². The molecule has 0 saturated carbocycles. The first-order valence-corrected chi connectivity index (χ1v) is 6.22. The van der Waals surface area contributed by atoms with Gasteiger partial charge in [0.2, 0.25) is 5.95 Å². The van der Waals surface area contributed by atoms with Gasteiger partial charge in [0, 0.05) is 43.2 Å². The molecule has 1 aromatic carbocycles. The maximum atomic E-state index is 13.0. The fraction of sp³-hybridized carbons (Fsp3) is 0.133. The van der Waals surface area contributed by atoms with Gasteiger partial charge >= 0.3 is 0 Å². The largest absolute Gasteiger partial charge is 0.345 e. The summed E-state index contributed by atoms with van der Waals surface area (Å²) < 4.78 is 13.0. The third-order valence-electron chi connectivity index (χ3n) is 2.78. The van der Waals surface area contributed by atoms with E-state index in [9.17, 15) is 14.0 Å². The predicted octanol–water partition coefficient (Wildman–Crippen LogP) is 2.17. The van der Waals surface area contributed by atoms with Crippen molar-refractivity contribution in [3.63, 3.8) is 0 Å². The molecule has 21 heavy (non-hydrogen) atoms. The van der Waals surface area contributed by atoms with Crippen molar-refractivity contribution in [1.29, 1.82) is 0 Å². The van der Waals surface area contributed by atoms with Crippen LogP contribution in [0.4, 0.5) is 10.1 Å². The van der Waals surface area contributed by atoms with E-state index in [4.69, 9.17) is 0 Å². The molecule has 108 valence electrons. The fourth-order valence-corrected chi connectivity index (χ4v) is 1.70. The topological polar surface area (TPSA) is 62.3 Å². The molecule has 0 fully saturated rings. The number of carbonyl (C=O) groups is 2. The number of amides is 2. The number of pyridine rings is 1. The number of nitrogens with zero attached hydrogens (tertiary/aromatic N) is 2. The Bertz CT molecular complexity index is 669. The summed E-state index contributed by atoms with van der Waals surface area (Å²) in [4.78, 5) is 28.5. The first-order valence-electron chi connectivity index (χ1n) is 6.22. The van der Waals surface area contributed by atoms with Crippen LogP contribution in [-0.4, -0.2) is 35.8 Å². The maximum absolute atomic E-state index is 13.0. The third kappa shape index (κ3) is 3.62. The van der Waals surface area contributed by atoms with E-state index in [2.05, 4.69) is 10.3 Å². The first-order chi connectivity index (χ1) is 9.97. The summed E-state index contributed by atoms with van der Waals surface area (Å²) in [5.74, 6) is -1.28. The molecule has 1 aromatic heterocycles. The minimum Gasteiger partial charge on any atom is -0.345 e. The van der Waals surface area contributed by atoms with Crippen LogP contribution in [0, 0.1) is 5.95 Å². The van der Waals surface area contributed by atoms with Crippen molar-refractivity contribution < 1.29 is 14.0 Å². The number of nitrogens with one attached hydrogen (secondary N) is 1. The molecule has 2 amide bonds. The van der Waals surface area contributed by atoms with Crippen LogP contribution in [-0.2, 0) is 0 Å². The van der Waals surface area contributed by atoms with Crippen LogP contribution in [0.3, 0.4) is 0 Å². The zero-order chi connectivity index (χ0) is 15.4. The second-order valence-electron chi connectivity index (χ2n) is 4.60. The summed E-state index contributed by atoms with van der Waals surface area (Å²) in [6.45, 7) is 0. The first kappa shape index (κ1) is 14.6. The molecule has 2 aromatic rings. The van der Waals surface area contributed by atoms with E-state index in [1.165, 1.54) is 17.2 Å². The zero-order valence-electron chi connectivity index (χ0n) is 11.6. The molecule has 0 radical (unpaired) electrons. The van der Waals surface area contributed by atoms with Crippen molar-refractivity contribution in [3.8, 4) is 0 Å². The van der Waals surface area contributed by atoms with E-state index in [0.717, 1.165) is 6.07 Å². The molecule has 0 aliphatic carbocycles. The number of halogens is 1. The summed E-state index contributed by atoms with van der Waals surface area (Å²) in [5.41, 5.74) is 1.22. The SMILES string of the molecule is CN(C)C(=O)c1ccc(NC(=O)c2ccnc(F)c2)cc1. The van der Waals surface area contributed by atoms with Gasteiger partial charge in [-0.3, -0.25) is 9.59 Å². The molecule has 1 N–H and O–H groups in total. The van der Waals surface area contributed by atoms with Gasteiger partial charge in [-0.25, -0.2) is 4.98 Å². The van der Waals surface area contributed by atoms with E-state index in [-0.39, 0.29) is 11.5 Å². The Morgan fingerprint density at radius 2 is 1.76 bits per heavy atom. The third-order valence-corrected chi connectivity index (χ3v) is 2.78. The Kier molecular flexibility index (Phi) is 4.27. The average molecular weight is 287 g/mol. The summed E-state index contributed by atoms with van der Waals surface area (Å²) in [5, 5.41) is 2.62. The van der Waals surface area contributed by atoms with Crippen molar-refractivity contribution >= 4 is 17.5 Å². The molecule has 6 heteroatoms. The second kappa shape index (κ2) is 6.13. The van der Waals surface area contributed by atoms with Crippen LogP contribution >= 0.6 is 0 Å². The Labute approximate surface area is 121 Å². The van der Waals surface area contributed by atoms with Crippen LogP contribution in [0.15, 0.2) is 42.6 Å². The van der Waals surface area contributed by atoms with Gasteiger partial charge in [-0.05, 0) is 30.3 Å². The number of benzene rings is 1. The summed E-state index contributed by atoms with van der Waals surface area (Å²) in [6, 6.07) is 8.94. The molecule has 0 atom stereocenters. The molecular weight excluding hydrogens is 273 g/mol. The lowest BCUT2D eigenvalue weighted by molar-refractivity contribution is 0.0827. The minimum atomic E-state index is -0.713. The van der Waals surface area contributed by atoms with E-state index < -0.39 is 11.9 Å². The van der Waals surface area contributed by atoms with Gasteiger partial charge in [0.15, 0.2) is 0 Å². The molecule has 0 saturated heterocycles. The standard InChI is InChI=1S/C15H14FN3O2/c1-19(2)15(21)10-3-5-12(6-4-10)18-14(20)11-7-8-17-13(16)9-11/h3-9H,1-2H3,(H,18,20). The fourth-order valence-electron chi connectivity index (χ4n) is 1.70. The van der Waals surface area contributed by atoms with Crippen LogP contribution in [0.1, 0.15) is 20.7 Å². The molecule has 0 unspecified atom stereocenters. The lowest BCUT2D eigenvalue weighted by atomic mass is 10.1. The number of aromatic nitrogens is 1. The highest BCUT2D eigenvalue weighted by Gasteiger charge is 2.10. The van der Waals surface area contributed by atoms with Gasteiger partial charge in [0.1, 0.15) is 0 Å². The van der Waals surface area contributed by atoms with Crippen molar-refractivity contribution in [2.24, 2.45) is 0 Å². The van der Waals surface area contributed by atoms with Gasteiger partial charge in [-0.2, -0.15) is 4.39 Å². The van der Waals surface area contributed by atoms with Gasteiger partial charge < -0.3 is 10.2 Å². The molecule has 5 nitrogen and oxygen atoms in total. The Morgan fingerprint density at radius 1 is 1.10 bits per heavy atom. The Hall–Kier alpha value is -2.76. The zero-order valence-corrected chi connectivity index (χ0v) is 11.6. The molecule has 2 rings (SSSR count). The number of rotatable bonds is 3. The Morgan fingerprint density at radius 3 is 2.33 bits per heavy atom. The van der Waals surface area contributed by atoms with Crippen molar-refractivity contribution in [2.75, 3.05) is 19.4 Å². The molecule has 0 aliphatic rings. The van der Waals surface area contributed by atoms with Gasteiger partial charge in [0.25, 0.3) is 11.8 Å². The monoisotopic (exact) mass is 287 g/mol. The van der Waals surface area contributed by atoms with Crippen LogP contribution in [0.5, 0.6) is 0 Å². The van der Waals surface area contributed by atoms with Crippen LogP contribution in [0.2, 0.25) is 0 Å². The van der Waals surface area contributed by atoms with Crippen LogP contribution in [0.25, 0.3) is 0 Å². The lowest BCUT2D eigenvalue weighted by Gasteiger charge is -2.11. The lowest BCUT2D eigenvalue weighted by Crippen LogP contribution is -2.21. The average Bonchev–Trinajstić information content (AvgIpc) is 2.47. The molecule has 0 spiro atoms. The molecule has 0 bridgehead atoms. The number of carbonyl (C=O) groups excluding carboxylic acids is 2. The van der Waals surface area contributed by atoms with Crippen molar-refractivity contribution in [2.45, 2.75) is 0 Å². The summed E-state index contributed by atoms with van der Waals surface area (Å²) in [7, 11) is 3.33. The number of hydrogen-bond donors (Lipinski definition) is 1. The highest BCUT2D eigenvalue weighted by atomic mass is 19.1. The summed E-state index contributed by atoms with van der Waals surface area (Å²) >= 11 is 0. The minimum absolute atomic E-state index is 0.121. The van der Waals surface area contributed by atoms with Crippen LogP contribution < -0.4 is 5.32 Å². The van der Waals surface area contributed by atoms with Crippen molar-refractivity contribution in [3.05, 3.63) is 59.7 Å². The Balaban J connectivity index is 2.10. The van der Waals surface area contributed by atoms with Gasteiger partial charge in [-0.15, -0.1) is 0 Å². The number of hydrogen-bond acceptors (Lipinski definition) is 3.